The molecule has 0 aromatic carbocycles. The van der Waals surface area contributed by atoms with Gasteiger partial charge in [-0.15, -0.1) is 0 Å². The van der Waals surface area contributed by atoms with Crippen molar-refractivity contribution in [2.75, 3.05) is 13.2 Å². The molecule has 0 radical (unpaired) electrons. The lowest BCUT2D eigenvalue weighted by molar-refractivity contribution is 0.145. The maximum absolute atomic E-state index is 12.0. The Morgan fingerprint density at radius 3 is 1.05 bits per heavy atom. The Labute approximate surface area is 255 Å². The molecule has 0 saturated heterocycles. The molecule has 1 N–H and O–H groups in total. The quantitative estimate of drug-likeness (QED) is 0.0478. The maximum Gasteiger partial charge on any atom is 0.472 e. The zero-order chi connectivity index (χ0) is 30.0. The van der Waals surface area contributed by atoms with E-state index in [1.54, 1.807) is 0 Å². The third kappa shape index (κ3) is 35.2. The van der Waals surface area contributed by atoms with Crippen molar-refractivity contribution in [3.05, 3.63) is 48.6 Å². The minimum absolute atomic E-state index is 0.286. The van der Waals surface area contributed by atoms with E-state index in [1.165, 1.54) is 96.3 Å². The van der Waals surface area contributed by atoms with Crippen LogP contribution in [0.15, 0.2) is 48.6 Å². The standard InChI is InChI=1S/C36H67O4P/c1-3-5-7-9-11-13-15-17-19-21-23-25-27-29-31-33-35-39-41(37,38)40-36-34-32-30-28-26-24-22-20-18-16-14-12-10-8-6-4-2/h13,15,17-20,22,24H,3-12,14,16,21,23,25-36H2,1-2H3,(H,37,38)/b15-13+,19-17+,20-18+,24-22+. The second-order valence-electron chi connectivity index (χ2n) is 11.4. The predicted octanol–water partition coefficient (Wildman–Crippen LogP) is 12.7. The molecule has 0 heterocycles. The lowest BCUT2D eigenvalue weighted by atomic mass is 10.1. The normalized spacial score (nSPS) is 13.9. The van der Waals surface area contributed by atoms with E-state index >= 15 is 0 Å². The summed E-state index contributed by atoms with van der Waals surface area (Å²) in [6.07, 6.45) is 46.5. The molecular formula is C36H67O4P. The summed E-state index contributed by atoms with van der Waals surface area (Å²) in [4.78, 5) is 9.85. The molecule has 4 nitrogen and oxygen atoms in total. The van der Waals surface area contributed by atoms with Crippen molar-refractivity contribution < 1.29 is 18.5 Å². The molecule has 41 heavy (non-hydrogen) atoms. The molecule has 0 saturated carbocycles. The summed E-state index contributed by atoms with van der Waals surface area (Å²) in [5.41, 5.74) is 0. The first-order chi connectivity index (χ1) is 20.1. The van der Waals surface area contributed by atoms with Gasteiger partial charge in [0.25, 0.3) is 0 Å². The summed E-state index contributed by atoms with van der Waals surface area (Å²) >= 11 is 0. The Kier molecular flexibility index (Phi) is 32.8. The topological polar surface area (TPSA) is 55.8 Å². The van der Waals surface area contributed by atoms with Gasteiger partial charge in [-0.2, -0.15) is 0 Å². The maximum atomic E-state index is 12.0. The van der Waals surface area contributed by atoms with Crippen LogP contribution in [0.4, 0.5) is 0 Å². The van der Waals surface area contributed by atoms with E-state index in [1.807, 2.05) is 0 Å². The number of phosphoric ester groups is 1. The molecule has 5 heteroatoms. The van der Waals surface area contributed by atoms with Gasteiger partial charge < -0.3 is 4.89 Å². The molecule has 0 aromatic rings. The van der Waals surface area contributed by atoms with Gasteiger partial charge in [0.15, 0.2) is 0 Å². The summed E-state index contributed by atoms with van der Waals surface area (Å²) in [6.45, 7) is 5.09. The number of rotatable bonds is 32. The second-order valence-corrected chi connectivity index (χ2v) is 12.8. The van der Waals surface area contributed by atoms with E-state index in [-0.39, 0.29) is 6.61 Å². The van der Waals surface area contributed by atoms with Crippen LogP contribution in [-0.2, 0) is 13.6 Å². The molecule has 0 aliphatic heterocycles. The van der Waals surface area contributed by atoms with Crippen LogP contribution in [0, 0.1) is 0 Å². The first-order valence-corrected chi connectivity index (χ1v) is 18.9. The van der Waals surface area contributed by atoms with Crippen molar-refractivity contribution in [2.45, 2.75) is 168 Å². The monoisotopic (exact) mass is 594 g/mol. The third-order valence-electron chi connectivity index (χ3n) is 7.25. The van der Waals surface area contributed by atoms with Crippen LogP contribution >= 0.6 is 7.82 Å². The summed E-state index contributed by atoms with van der Waals surface area (Å²) in [6, 6.07) is 0. The Hall–Kier alpha value is -0.930. The Bertz CT molecular complexity index is 683. The highest BCUT2D eigenvalue weighted by molar-refractivity contribution is 7.47. The lowest BCUT2D eigenvalue weighted by Gasteiger charge is -2.12. The molecule has 0 aromatic heterocycles. The van der Waals surface area contributed by atoms with Crippen LogP contribution in [0.5, 0.6) is 0 Å². The molecule has 0 amide bonds. The van der Waals surface area contributed by atoms with E-state index in [2.05, 4.69) is 62.5 Å². The van der Waals surface area contributed by atoms with Gasteiger partial charge in [0.2, 0.25) is 0 Å². The van der Waals surface area contributed by atoms with E-state index in [0.717, 1.165) is 57.8 Å². The van der Waals surface area contributed by atoms with Crippen LogP contribution in [0.2, 0.25) is 0 Å². The van der Waals surface area contributed by atoms with Crippen molar-refractivity contribution in [1.29, 1.82) is 0 Å². The summed E-state index contributed by atoms with van der Waals surface area (Å²) < 4.78 is 22.3. The first kappa shape index (κ1) is 40.1. The minimum Gasteiger partial charge on any atom is -0.302 e. The molecule has 1 atom stereocenters. The van der Waals surface area contributed by atoms with Gasteiger partial charge in [-0.3, -0.25) is 9.05 Å². The van der Waals surface area contributed by atoms with Crippen molar-refractivity contribution >= 4 is 7.82 Å². The average molecular weight is 595 g/mol. The molecule has 0 rings (SSSR count). The lowest BCUT2D eigenvalue weighted by Crippen LogP contribution is -1.99. The zero-order valence-corrected chi connectivity index (χ0v) is 28.0. The zero-order valence-electron chi connectivity index (χ0n) is 27.1. The van der Waals surface area contributed by atoms with Crippen LogP contribution in [-0.4, -0.2) is 18.1 Å². The van der Waals surface area contributed by atoms with E-state index < -0.39 is 7.82 Å². The second kappa shape index (κ2) is 33.6. The SMILES string of the molecule is CCCCCC/C=C/C=C/CCCCCCCCOP(=O)(O)OCCCCCC/C=C/C=C/CCCCCCCC. The average Bonchev–Trinajstić information content (AvgIpc) is 2.96. The van der Waals surface area contributed by atoms with Gasteiger partial charge in [-0.05, 0) is 64.2 Å². The van der Waals surface area contributed by atoms with Crippen LogP contribution in [0.3, 0.4) is 0 Å². The fourth-order valence-electron chi connectivity index (χ4n) is 4.62. The van der Waals surface area contributed by atoms with Crippen molar-refractivity contribution in [3.63, 3.8) is 0 Å². The van der Waals surface area contributed by atoms with Gasteiger partial charge in [0.1, 0.15) is 0 Å². The highest BCUT2D eigenvalue weighted by atomic mass is 31.2. The third-order valence-corrected chi connectivity index (χ3v) is 8.27. The Morgan fingerprint density at radius 2 is 0.707 bits per heavy atom. The minimum atomic E-state index is -3.90. The molecule has 0 aliphatic carbocycles. The highest BCUT2D eigenvalue weighted by Gasteiger charge is 2.19. The number of unbranched alkanes of at least 4 members (excludes halogenated alkanes) is 20. The number of hydrogen-bond acceptors (Lipinski definition) is 3. The summed E-state index contributed by atoms with van der Waals surface area (Å²) in [7, 11) is -3.90. The Balaban J connectivity index is 3.44. The molecule has 0 fully saturated rings. The van der Waals surface area contributed by atoms with Gasteiger partial charge in [-0.25, -0.2) is 4.57 Å². The number of phosphoric acid groups is 1. The van der Waals surface area contributed by atoms with E-state index in [4.69, 9.17) is 9.05 Å². The van der Waals surface area contributed by atoms with Crippen molar-refractivity contribution in [1.82, 2.24) is 0 Å². The van der Waals surface area contributed by atoms with E-state index in [0.29, 0.717) is 6.61 Å². The van der Waals surface area contributed by atoms with Gasteiger partial charge >= 0.3 is 7.82 Å². The molecule has 1 unspecified atom stereocenters. The largest absolute Gasteiger partial charge is 0.472 e. The summed E-state index contributed by atoms with van der Waals surface area (Å²) in [5, 5.41) is 0. The van der Waals surface area contributed by atoms with E-state index in [9.17, 15) is 9.46 Å². The fraction of sp³-hybridized carbons (Fsp3) is 0.778. The van der Waals surface area contributed by atoms with Gasteiger partial charge in [0, 0.05) is 0 Å². The summed E-state index contributed by atoms with van der Waals surface area (Å²) in [5.74, 6) is 0. The van der Waals surface area contributed by atoms with Crippen LogP contribution in [0.1, 0.15) is 168 Å². The van der Waals surface area contributed by atoms with Crippen molar-refractivity contribution in [3.8, 4) is 0 Å². The number of hydrogen-bond donors (Lipinski definition) is 1. The Morgan fingerprint density at radius 1 is 0.439 bits per heavy atom. The molecule has 0 aliphatic rings. The molecule has 240 valence electrons. The van der Waals surface area contributed by atoms with Crippen LogP contribution < -0.4 is 0 Å². The molecule has 0 spiro atoms. The molecule has 0 bridgehead atoms. The predicted molar refractivity (Wildman–Crippen MR) is 180 cm³/mol. The number of allylic oxidation sites excluding steroid dienone is 8. The fourth-order valence-corrected chi connectivity index (χ4v) is 5.41. The first-order valence-electron chi connectivity index (χ1n) is 17.4. The smallest absolute Gasteiger partial charge is 0.302 e. The highest BCUT2D eigenvalue weighted by Crippen LogP contribution is 2.43. The van der Waals surface area contributed by atoms with Crippen molar-refractivity contribution in [2.24, 2.45) is 0 Å². The van der Waals surface area contributed by atoms with Gasteiger partial charge in [-0.1, -0.05) is 152 Å². The van der Waals surface area contributed by atoms with Gasteiger partial charge in [0.05, 0.1) is 13.2 Å². The van der Waals surface area contributed by atoms with Crippen LogP contribution in [0.25, 0.3) is 0 Å². The molecular weight excluding hydrogens is 527 g/mol.